The van der Waals surface area contributed by atoms with Crippen molar-refractivity contribution >= 4 is 14.0 Å². The lowest BCUT2D eigenvalue weighted by atomic mass is 10.3. The third kappa shape index (κ3) is 4.59. The molecular formula is C15H26O4Si. The van der Waals surface area contributed by atoms with Gasteiger partial charge in [-0.3, -0.25) is 0 Å². The summed E-state index contributed by atoms with van der Waals surface area (Å²) >= 11 is 0. The van der Waals surface area contributed by atoms with Crippen LogP contribution >= 0.6 is 0 Å². The molecule has 1 aromatic carbocycles. The standard InChI is InChI=1S/C15H26O4Si/c1-5-13-16-14-9-11-15(12-10-14)20(17-6-2,18-7-3)19-8-4/h9-12H,5-8,13H2,1-4H3. The first-order chi connectivity index (χ1) is 9.72. The van der Waals surface area contributed by atoms with Gasteiger partial charge < -0.3 is 18.0 Å². The Morgan fingerprint density at radius 3 is 1.70 bits per heavy atom. The summed E-state index contributed by atoms with van der Waals surface area (Å²) in [6, 6.07) is 7.87. The van der Waals surface area contributed by atoms with E-state index >= 15 is 0 Å². The van der Waals surface area contributed by atoms with Crippen molar-refractivity contribution in [3.05, 3.63) is 24.3 Å². The van der Waals surface area contributed by atoms with Gasteiger partial charge in [0.15, 0.2) is 0 Å². The van der Waals surface area contributed by atoms with Gasteiger partial charge in [-0.15, -0.1) is 0 Å². The van der Waals surface area contributed by atoms with E-state index in [0.29, 0.717) is 19.8 Å². The summed E-state index contributed by atoms with van der Waals surface area (Å²) in [5.74, 6) is 0.864. The van der Waals surface area contributed by atoms with Crippen LogP contribution in [0.2, 0.25) is 0 Å². The molecule has 0 spiro atoms. The van der Waals surface area contributed by atoms with Crippen molar-refractivity contribution in [1.82, 2.24) is 0 Å². The van der Waals surface area contributed by atoms with Gasteiger partial charge in [0, 0.05) is 25.0 Å². The normalized spacial score (nSPS) is 11.6. The van der Waals surface area contributed by atoms with Crippen LogP contribution in [-0.4, -0.2) is 35.2 Å². The van der Waals surface area contributed by atoms with Crippen molar-refractivity contribution in [2.75, 3.05) is 26.4 Å². The van der Waals surface area contributed by atoms with Crippen LogP contribution in [0, 0.1) is 0 Å². The van der Waals surface area contributed by atoms with Crippen molar-refractivity contribution in [2.24, 2.45) is 0 Å². The highest BCUT2D eigenvalue weighted by atomic mass is 28.4. The molecule has 0 saturated carbocycles. The second-order valence-electron chi connectivity index (χ2n) is 4.23. The van der Waals surface area contributed by atoms with Gasteiger partial charge in [0.1, 0.15) is 5.75 Å². The second kappa shape index (κ2) is 9.13. The van der Waals surface area contributed by atoms with Gasteiger partial charge in [0.2, 0.25) is 0 Å². The molecule has 114 valence electrons. The lowest BCUT2D eigenvalue weighted by Crippen LogP contribution is -2.56. The van der Waals surface area contributed by atoms with Gasteiger partial charge in [0.05, 0.1) is 6.61 Å². The Morgan fingerprint density at radius 1 is 0.800 bits per heavy atom. The molecule has 0 unspecified atom stereocenters. The smallest absolute Gasteiger partial charge is 0.494 e. The summed E-state index contributed by atoms with van der Waals surface area (Å²) < 4.78 is 23.2. The Balaban J connectivity index is 2.94. The highest BCUT2D eigenvalue weighted by molar-refractivity contribution is 6.75. The summed E-state index contributed by atoms with van der Waals surface area (Å²) in [7, 11) is -2.78. The molecule has 4 nitrogen and oxygen atoms in total. The molecule has 20 heavy (non-hydrogen) atoms. The average molecular weight is 298 g/mol. The molecule has 0 aliphatic heterocycles. The minimum absolute atomic E-state index is 0.570. The summed E-state index contributed by atoms with van der Waals surface area (Å²) in [6.45, 7) is 10.4. The first kappa shape index (κ1) is 17.2. The molecule has 0 aromatic heterocycles. The summed E-state index contributed by atoms with van der Waals surface area (Å²) in [6.07, 6.45) is 0.997. The lowest BCUT2D eigenvalue weighted by molar-refractivity contribution is 0.0859. The minimum Gasteiger partial charge on any atom is -0.494 e. The van der Waals surface area contributed by atoms with Crippen molar-refractivity contribution in [3.8, 4) is 5.75 Å². The van der Waals surface area contributed by atoms with Crippen LogP contribution in [0.25, 0.3) is 0 Å². The van der Waals surface area contributed by atoms with Crippen LogP contribution < -0.4 is 9.92 Å². The average Bonchev–Trinajstić information content (AvgIpc) is 2.46. The Labute approximate surface area is 123 Å². The minimum atomic E-state index is -2.78. The first-order valence-corrected chi connectivity index (χ1v) is 9.10. The van der Waals surface area contributed by atoms with Crippen LogP contribution in [-0.2, 0) is 13.3 Å². The zero-order chi connectivity index (χ0) is 14.8. The van der Waals surface area contributed by atoms with Crippen LogP contribution in [0.3, 0.4) is 0 Å². The molecule has 0 fully saturated rings. The van der Waals surface area contributed by atoms with E-state index in [0.717, 1.165) is 24.0 Å². The fourth-order valence-corrected chi connectivity index (χ4v) is 4.39. The monoisotopic (exact) mass is 298 g/mol. The Morgan fingerprint density at radius 2 is 1.30 bits per heavy atom. The second-order valence-corrected chi connectivity index (χ2v) is 6.78. The summed E-state index contributed by atoms with van der Waals surface area (Å²) in [4.78, 5) is 0. The molecule has 1 rings (SSSR count). The van der Waals surface area contributed by atoms with E-state index in [1.165, 1.54) is 0 Å². The predicted octanol–water partition coefficient (Wildman–Crippen LogP) is 2.73. The van der Waals surface area contributed by atoms with Crippen LogP contribution in [0.5, 0.6) is 5.75 Å². The Hall–Kier alpha value is -0.883. The van der Waals surface area contributed by atoms with Gasteiger partial charge in [-0.2, -0.15) is 0 Å². The van der Waals surface area contributed by atoms with E-state index < -0.39 is 8.80 Å². The van der Waals surface area contributed by atoms with Gasteiger partial charge >= 0.3 is 8.80 Å². The zero-order valence-corrected chi connectivity index (χ0v) is 14.0. The SMILES string of the molecule is CCCOc1ccc([Si](OCC)(OCC)OCC)cc1. The number of hydrogen-bond acceptors (Lipinski definition) is 4. The molecule has 0 saturated heterocycles. The maximum absolute atomic E-state index is 5.87. The van der Waals surface area contributed by atoms with Crippen molar-refractivity contribution in [2.45, 2.75) is 34.1 Å². The highest BCUT2D eigenvalue weighted by Crippen LogP contribution is 2.14. The number of benzene rings is 1. The summed E-state index contributed by atoms with van der Waals surface area (Å²) in [5, 5.41) is 0.979. The highest BCUT2D eigenvalue weighted by Gasteiger charge is 2.43. The molecule has 0 atom stereocenters. The quantitative estimate of drug-likeness (QED) is 0.622. The van der Waals surface area contributed by atoms with E-state index in [-0.39, 0.29) is 0 Å². The van der Waals surface area contributed by atoms with Gasteiger partial charge in [-0.25, -0.2) is 0 Å². The van der Waals surface area contributed by atoms with Crippen LogP contribution in [0.15, 0.2) is 24.3 Å². The van der Waals surface area contributed by atoms with Gasteiger partial charge in [-0.1, -0.05) is 19.1 Å². The lowest BCUT2D eigenvalue weighted by Gasteiger charge is -2.28. The molecule has 0 N–H and O–H groups in total. The van der Waals surface area contributed by atoms with Gasteiger partial charge in [-0.05, 0) is 39.3 Å². The third-order valence-electron chi connectivity index (χ3n) is 2.68. The molecule has 1 aromatic rings. The molecular weight excluding hydrogens is 272 g/mol. The molecule has 5 heteroatoms. The molecule has 0 heterocycles. The molecule has 0 bridgehead atoms. The number of rotatable bonds is 10. The molecule has 0 radical (unpaired) electrons. The molecule has 0 aliphatic rings. The largest absolute Gasteiger partial charge is 0.537 e. The fourth-order valence-electron chi connectivity index (χ4n) is 1.92. The molecule has 0 aliphatic carbocycles. The third-order valence-corrected chi connectivity index (χ3v) is 5.73. The van der Waals surface area contributed by atoms with E-state index in [4.69, 9.17) is 18.0 Å². The van der Waals surface area contributed by atoms with E-state index in [1.54, 1.807) is 0 Å². The number of ether oxygens (including phenoxy) is 1. The topological polar surface area (TPSA) is 36.9 Å². The number of hydrogen-bond donors (Lipinski definition) is 0. The summed E-state index contributed by atoms with van der Waals surface area (Å²) in [5.41, 5.74) is 0. The fraction of sp³-hybridized carbons (Fsp3) is 0.600. The zero-order valence-electron chi connectivity index (χ0n) is 13.0. The van der Waals surface area contributed by atoms with Crippen molar-refractivity contribution in [1.29, 1.82) is 0 Å². The first-order valence-electron chi connectivity index (χ1n) is 7.37. The van der Waals surface area contributed by atoms with Gasteiger partial charge in [0.25, 0.3) is 0 Å². The Bertz CT molecular complexity index is 350. The maximum atomic E-state index is 5.87. The van der Waals surface area contributed by atoms with Crippen LogP contribution in [0.1, 0.15) is 34.1 Å². The van der Waals surface area contributed by atoms with Crippen molar-refractivity contribution in [3.63, 3.8) is 0 Å². The molecule has 0 amide bonds. The Kier molecular flexibility index (Phi) is 7.83. The van der Waals surface area contributed by atoms with E-state index in [2.05, 4.69) is 6.92 Å². The predicted molar refractivity (Wildman–Crippen MR) is 82.5 cm³/mol. The van der Waals surface area contributed by atoms with E-state index in [9.17, 15) is 0 Å². The van der Waals surface area contributed by atoms with E-state index in [1.807, 2.05) is 45.0 Å². The maximum Gasteiger partial charge on any atom is 0.537 e. The van der Waals surface area contributed by atoms with Crippen molar-refractivity contribution < 1.29 is 18.0 Å². The van der Waals surface area contributed by atoms with Crippen LogP contribution in [0.4, 0.5) is 0 Å².